The van der Waals surface area contributed by atoms with E-state index in [0.29, 0.717) is 0 Å². The van der Waals surface area contributed by atoms with Crippen molar-refractivity contribution in [3.8, 4) is 0 Å². The molecule has 16 heavy (non-hydrogen) atoms. The molecule has 7 nitrogen and oxygen atoms in total. The van der Waals surface area contributed by atoms with Crippen LogP contribution in [0.3, 0.4) is 0 Å². The molecule has 2 rings (SSSR count). The highest BCUT2D eigenvalue weighted by Crippen LogP contribution is 2.26. The summed E-state index contributed by atoms with van der Waals surface area (Å²) in [4.78, 5) is 21.2. The van der Waals surface area contributed by atoms with E-state index in [1.54, 1.807) is 0 Å². The number of carbonyl (C=O) groups is 1. The van der Waals surface area contributed by atoms with Crippen LogP contribution in [0.25, 0.3) is 6.08 Å². The summed E-state index contributed by atoms with van der Waals surface area (Å²) in [5.74, 6) is -0.585. The van der Waals surface area contributed by atoms with Crippen molar-refractivity contribution in [3.63, 3.8) is 0 Å². The van der Waals surface area contributed by atoms with Crippen molar-refractivity contribution in [2.24, 2.45) is 0 Å². The second kappa shape index (κ2) is 3.81. The lowest BCUT2D eigenvalue weighted by Crippen LogP contribution is -2.18. The summed E-state index contributed by atoms with van der Waals surface area (Å²) >= 11 is 0.940. The summed E-state index contributed by atoms with van der Waals surface area (Å²) < 4.78 is 4.85. The molecule has 1 aromatic rings. The van der Waals surface area contributed by atoms with E-state index in [-0.39, 0.29) is 21.7 Å². The first-order chi connectivity index (χ1) is 7.56. The van der Waals surface area contributed by atoms with E-state index in [1.165, 1.54) is 18.2 Å². The standard InChI is InChI=1S/C8H5N3O4S/c9-8-10-7(12)5(16-8)3-4-1-2-6(15-4)11(13)14/h1-3H,(H2,9,10,12)/b5-3-. The van der Waals surface area contributed by atoms with Crippen LogP contribution in [-0.2, 0) is 4.79 Å². The molecule has 0 aromatic carbocycles. The van der Waals surface area contributed by atoms with Crippen LogP contribution < -0.4 is 5.32 Å². The quantitative estimate of drug-likeness (QED) is 0.459. The molecule has 1 saturated heterocycles. The summed E-state index contributed by atoms with van der Waals surface area (Å²) in [5.41, 5.74) is 0. The van der Waals surface area contributed by atoms with Crippen molar-refractivity contribution in [2.75, 3.05) is 0 Å². The highest BCUT2D eigenvalue weighted by atomic mass is 32.2. The molecule has 0 atom stereocenters. The molecule has 0 unspecified atom stereocenters. The average Bonchev–Trinajstić information content (AvgIpc) is 2.75. The first-order valence-electron chi connectivity index (χ1n) is 4.10. The first-order valence-corrected chi connectivity index (χ1v) is 4.91. The maximum absolute atomic E-state index is 11.2. The topological polar surface area (TPSA) is 109 Å². The molecule has 1 aromatic heterocycles. The van der Waals surface area contributed by atoms with Gasteiger partial charge in [-0.15, -0.1) is 0 Å². The Hall–Kier alpha value is -2.09. The molecule has 0 saturated carbocycles. The second-order valence-electron chi connectivity index (χ2n) is 2.83. The van der Waals surface area contributed by atoms with Gasteiger partial charge in [0.15, 0.2) is 5.17 Å². The maximum Gasteiger partial charge on any atom is 0.433 e. The normalized spacial score (nSPS) is 17.9. The molecular formula is C8H5N3O4S. The van der Waals surface area contributed by atoms with Crippen LogP contribution in [0.15, 0.2) is 21.5 Å². The van der Waals surface area contributed by atoms with Gasteiger partial charge in [-0.3, -0.25) is 20.3 Å². The highest BCUT2D eigenvalue weighted by molar-refractivity contribution is 8.18. The number of thioether (sulfide) groups is 1. The Morgan fingerprint density at radius 1 is 1.56 bits per heavy atom. The number of carbonyl (C=O) groups excluding carboxylic acids is 1. The van der Waals surface area contributed by atoms with Crippen molar-refractivity contribution in [1.29, 1.82) is 5.41 Å². The maximum atomic E-state index is 11.2. The zero-order valence-electron chi connectivity index (χ0n) is 7.72. The van der Waals surface area contributed by atoms with Crippen LogP contribution in [0.2, 0.25) is 0 Å². The van der Waals surface area contributed by atoms with Gasteiger partial charge in [-0.25, -0.2) is 0 Å². The molecule has 0 spiro atoms. The van der Waals surface area contributed by atoms with Gasteiger partial charge in [-0.05, 0) is 17.8 Å². The molecule has 2 heterocycles. The van der Waals surface area contributed by atoms with E-state index < -0.39 is 10.8 Å². The van der Waals surface area contributed by atoms with Crippen LogP contribution in [0.1, 0.15) is 5.76 Å². The summed E-state index contributed by atoms with van der Waals surface area (Å²) in [6.07, 6.45) is 1.36. The Bertz CT molecular complexity index is 519. The predicted molar refractivity (Wildman–Crippen MR) is 56.8 cm³/mol. The number of nitrogens with zero attached hydrogens (tertiary/aromatic N) is 1. The van der Waals surface area contributed by atoms with Gasteiger partial charge in [0.05, 0.1) is 11.0 Å². The average molecular weight is 239 g/mol. The van der Waals surface area contributed by atoms with Crippen LogP contribution in [-0.4, -0.2) is 16.0 Å². The van der Waals surface area contributed by atoms with Crippen LogP contribution in [0.4, 0.5) is 5.88 Å². The van der Waals surface area contributed by atoms with Gasteiger partial charge in [0.1, 0.15) is 10.7 Å². The molecule has 1 aliphatic rings. The number of furan rings is 1. The fraction of sp³-hybridized carbons (Fsp3) is 0. The zero-order chi connectivity index (χ0) is 11.7. The minimum absolute atomic E-state index is 0.0253. The smallest absolute Gasteiger partial charge is 0.401 e. The third kappa shape index (κ3) is 1.96. The lowest BCUT2D eigenvalue weighted by molar-refractivity contribution is -0.402. The number of hydrogen-bond acceptors (Lipinski definition) is 6. The lowest BCUT2D eigenvalue weighted by atomic mass is 10.4. The van der Waals surface area contributed by atoms with Crippen molar-refractivity contribution < 1.29 is 14.1 Å². The van der Waals surface area contributed by atoms with Gasteiger partial charge in [0.2, 0.25) is 0 Å². The second-order valence-corrected chi connectivity index (χ2v) is 3.88. The van der Waals surface area contributed by atoms with Crippen LogP contribution >= 0.6 is 11.8 Å². The molecule has 0 radical (unpaired) electrons. The predicted octanol–water partition coefficient (Wildman–Crippen LogP) is 1.33. The highest BCUT2D eigenvalue weighted by Gasteiger charge is 2.23. The van der Waals surface area contributed by atoms with Crippen LogP contribution in [0.5, 0.6) is 0 Å². The van der Waals surface area contributed by atoms with E-state index in [0.717, 1.165) is 11.8 Å². The first kappa shape index (κ1) is 10.4. The number of hydrogen-bond donors (Lipinski definition) is 2. The molecule has 1 amide bonds. The molecular weight excluding hydrogens is 234 g/mol. The Kier molecular flexibility index (Phi) is 2.49. The van der Waals surface area contributed by atoms with Gasteiger partial charge in [0, 0.05) is 6.08 Å². The van der Waals surface area contributed by atoms with Crippen molar-refractivity contribution >= 4 is 34.8 Å². The van der Waals surface area contributed by atoms with Gasteiger partial charge in [0.25, 0.3) is 5.91 Å². The number of nitro groups is 1. The largest absolute Gasteiger partial charge is 0.433 e. The summed E-state index contributed by atoms with van der Waals surface area (Å²) in [6.45, 7) is 0. The SMILES string of the molecule is N=C1NC(=O)/C(=C/c2ccc([N+](=O)[O-])o2)S1. The van der Waals surface area contributed by atoms with Gasteiger partial charge >= 0.3 is 5.88 Å². The monoisotopic (exact) mass is 239 g/mol. The Morgan fingerprint density at radius 3 is 2.81 bits per heavy atom. The summed E-state index contributed by atoms with van der Waals surface area (Å²) in [7, 11) is 0. The van der Waals surface area contributed by atoms with Crippen LogP contribution in [0, 0.1) is 15.5 Å². The van der Waals surface area contributed by atoms with E-state index >= 15 is 0 Å². The molecule has 8 heteroatoms. The third-order valence-electron chi connectivity index (χ3n) is 1.73. The Labute approximate surface area is 93.2 Å². The van der Waals surface area contributed by atoms with Crippen molar-refractivity contribution in [2.45, 2.75) is 0 Å². The minimum Gasteiger partial charge on any atom is -0.401 e. The summed E-state index contributed by atoms with van der Waals surface area (Å²) in [6, 6.07) is 2.59. The number of nitrogens with one attached hydrogen (secondary N) is 2. The van der Waals surface area contributed by atoms with Crippen molar-refractivity contribution in [1.82, 2.24) is 5.32 Å². The Morgan fingerprint density at radius 2 is 2.31 bits per heavy atom. The Balaban J connectivity index is 2.26. The molecule has 2 N–H and O–H groups in total. The van der Waals surface area contributed by atoms with Crippen molar-refractivity contribution in [3.05, 3.63) is 32.9 Å². The van der Waals surface area contributed by atoms with Gasteiger partial charge in [-0.2, -0.15) is 0 Å². The molecule has 1 aliphatic heterocycles. The molecule has 1 fully saturated rings. The fourth-order valence-electron chi connectivity index (χ4n) is 1.09. The molecule has 0 bridgehead atoms. The fourth-order valence-corrected chi connectivity index (χ4v) is 1.77. The lowest BCUT2D eigenvalue weighted by Gasteiger charge is -1.88. The number of amidine groups is 1. The van der Waals surface area contributed by atoms with E-state index in [2.05, 4.69) is 5.32 Å². The number of rotatable bonds is 2. The van der Waals surface area contributed by atoms with E-state index in [4.69, 9.17) is 9.83 Å². The minimum atomic E-state index is -0.661. The number of amides is 1. The van der Waals surface area contributed by atoms with Gasteiger partial charge in [-0.1, -0.05) is 0 Å². The zero-order valence-corrected chi connectivity index (χ0v) is 8.54. The molecule has 82 valence electrons. The third-order valence-corrected chi connectivity index (χ3v) is 2.56. The van der Waals surface area contributed by atoms with E-state index in [1.807, 2.05) is 0 Å². The van der Waals surface area contributed by atoms with Gasteiger partial charge < -0.3 is 9.73 Å². The molecule has 0 aliphatic carbocycles. The summed E-state index contributed by atoms with van der Waals surface area (Å²) in [5, 5.41) is 19.8. The van der Waals surface area contributed by atoms with E-state index in [9.17, 15) is 14.9 Å².